The third-order valence-electron chi connectivity index (χ3n) is 6.70. The van der Waals surface area contributed by atoms with E-state index in [4.69, 9.17) is 4.74 Å². The summed E-state index contributed by atoms with van der Waals surface area (Å²) in [6, 6.07) is 24.0. The Morgan fingerprint density at radius 2 is 1.62 bits per heavy atom. The van der Waals surface area contributed by atoms with E-state index in [2.05, 4.69) is 24.3 Å². The molecule has 3 aromatic rings. The molecule has 0 aliphatic carbocycles. The van der Waals surface area contributed by atoms with Crippen LogP contribution in [0.4, 0.5) is 5.69 Å². The van der Waals surface area contributed by atoms with Gasteiger partial charge in [-0.25, -0.2) is 8.42 Å². The molecular formula is C29H34N2O4S2. The van der Waals surface area contributed by atoms with Crippen LogP contribution in [-0.4, -0.2) is 51.7 Å². The smallest absolute Gasteiger partial charge is 0.264 e. The molecule has 0 atom stereocenters. The first-order chi connectivity index (χ1) is 17.9. The molecule has 0 aromatic heterocycles. The Hall–Kier alpha value is -2.97. The summed E-state index contributed by atoms with van der Waals surface area (Å²) in [4.78, 5) is 16.3. The molecule has 196 valence electrons. The van der Waals surface area contributed by atoms with Crippen LogP contribution >= 0.6 is 11.8 Å². The highest BCUT2D eigenvalue weighted by Gasteiger charge is 2.30. The number of benzene rings is 3. The van der Waals surface area contributed by atoms with Gasteiger partial charge in [0.25, 0.3) is 10.0 Å². The van der Waals surface area contributed by atoms with E-state index in [1.165, 1.54) is 9.87 Å². The fourth-order valence-electron chi connectivity index (χ4n) is 4.62. The number of thioether (sulfide) groups is 1. The molecule has 1 heterocycles. The van der Waals surface area contributed by atoms with E-state index < -0.39 is 10.0 Å². The number of carbonyl (C=O) groups excluding carboxylic acids is 1. The van der Waals surface area contributed by atoms with Crippen LogP contribution in [-0.2, 0) is 21.2 Å². The van der Waals surface area contributed by atoms with Gasteiger partial charge in [-0.3, -0.25) is 9.10 Å². The molecule has 4 rings (SSSR count). The Balaban J connectivity index is 1.50. The molecule has 0 bridgehead atoms. The Morgan fingerprint density at radius 1 is 0.973 bits per heavy atom. The number of piperidine rings is 1. The lowest BCUT2D eigenvalue weighted by atomic mass is 9.90. The monoisotopic (exact) mass is 538 g/mol. The average molecular weight is 539 g/mol. The summed E-state index contributed by atoms with van der Waals surface area (Å²) < 4.78 is 34.2. The van der Waals surface area contributed by atoms with Crippen molar-refractivity contribution < 1.29 is 17.9 Å². The molecule has 1 fully saturated rings. The normalized spacial score (nSPS) is 14.4. The maximum Gasteiger partial charge on any atom is 0.264 e. The Kier molecular flexibility index (Phi) is 9.16. The summed E-state index contributed by atoms with van der Waals surface area (Å²) in [6.07, 6.45) is 4.76. The molecule has 0 spiro atoms. The van der Waals surface area contributed by atoms with Crippen molar-refractivity contribution in [1.29, 1.82) is 0 Å². The largest absolute Gasteiger partial charge is 0.494 e. The third kappa shape index (κ3) is 6.87. The van der Waals surface area contributed by atoms with Crippen LogP contribution in [0.1, 0.15) is 25.3 Å². The molecule has 6 nitrogen and oxygen atoms in total. The van der Waals surface area contributed by atoms with E-state index >= 15 is 0 Å². The van der Waals surface area contributed by atoms with Gasteiger partial charge in [0, 0.05) is 18.0 Å². The molecule has 1 saturated heterocycles. The summed E-state index contributed by atoms with van der Waals surface area (Å²) in [5, 5.41) is 0. The van der Waals surface area contributed by atoms with Crippen LogP contribution < -0.4 is 9.04 Å². The maximum atomic E-state index is 13.7. The van der Waals surface area contributed by atoms with Gasteiger partial charge in [0.15, 0.2) is 0 Å². The molecule has 0 unspecified atom stereocenters. The van der Waals surface area contributed by atoms with Gasteiger partial charge in [0.1, 0.15) is 12.3 Å². The summed E-state index contributed by atoms with van der Waals surface area (Å²) in [6.45, 7) is 3.43. The Morgan fingerprint density at radius 3 is 2.22 bits per heavy atom. The minimum absolute atomic E-state index is 0.161. The summed E-state index contributed by atoms with van der Waals surface area (Å²) in [7, 11) is -3.95. The summed E-state index contributed by atoms with van der Waals surface area (Å²) >= 11 is 1.55. The molecule has 0 saturated carbocycles. The summed E-state index contributed by atoms with van der Waals surface area (Å²) in [5.74, 6) is 0.989. The minimum atomic E-state index is -3.95. The van der Waals surface area contributed by atoms with E-state index in [1.807, 2.05) is 19.2 Å². The predicted octanol–water partition coefficient (Wildman–Crippen LogP) is 5.48. The topological polar surface area (TPSA) is 66.9 Å². The van der Waals surface area contributed by atoms with Gasteiger partial charge >= 0.3 is 0 Å². The zero-order chi connectivity index (χ0) is 26.3. The molecule has 0 radical (unpaired) electrons. The van der Waals surface area contributed by atoms with Crippen molar-refractivity contribution in [2.75, 3.05) is 36.8 Å². The zero-order valence-corrected chi connectivity index (χ0v) is 23.0. The lowest BCUT2D eigenvalue weighted by Crippen LogP contribution is -2.46. The van der Waals surface area contributed by atoms with Gasteiger partial charge in [0.2, 0.25) is 5.91 Å². The first kappa shape index (κ1) is 27.1. The number of amides is 1. The lowest BCUT2D eigenvalue weighted by Gasteiger charge is -2.34. The number of hydrogen-bond acceptors (Lipinski definition) is 5. The van der Waals surface area contributed by atoms with Crippen molar-refractivity contribution in [3.63, 3.8) is 0 Å². The van der Waals surface area contributed by atoms with Gasteiger partial charge in [-0.2, -0.15) is 0 Å². The number of hydrogen-bond donors (Lipinski definition) is 0. The SMILES string of the molecule is CCOc1ccc(N(CC(=O)N2CCC(Cc3ccccc3)CC2)S(=O)(=O)c2ccc(SC)cc2)cc1. The van der Waals surface area contributed by atoms with E-state index in [1.54, 1.807) is 65.2 Å². The number of carbonyl (C=O) groups is 1. The van der Waals surface area contributed by atoms with Gasteiger partial charge in [-0.1, -0.05) is 30.3 Å². The fraction of sp³-hybridized carbons (Fsp3) is 0.345. The van der Waals surface area contributed by atoms with E-state index in [9.17, 15) is 13.2 Å². The number of ether oxygens (including phenoxy) is 1. The van der Waals surface area contributed by atoms with E-state index in [0.29, 0.717) is 37.1 Å². The Bertz CT molecular complexity index is 1260. The van der Waals surface area contributed by atoms with Gasteiger partial charge in [0.05, 0.1) is 17.2 Å². The Labute approximate surface area is 224 Å². The van der Waals surface area contributed by atoms with Crippen molar-refractivity contribution in [2.45, 2.75) is 36.0 Å². The van der Waals surface area contributed by atoms with Gasteiger partial charge < -0.3 is 9.64 Å². The van der Waals surface area contributed by atoms with Crippen LogP contribution in [0, 0.1) is 5.92 Å². The number of rotatable bonds is 10. The molecule has 1 amide bonds. The molecule has 3 aromatic carbocycles. The quantitative estimate of drug-likeness (QED) is 0.320. The fourth-order valence-corrected chi connectivity index (χ4v) is 6.44. The van der Waals surface area contributed by atoms with Crippen molar-refractivity contribution >= 4 is 33.4 Å². The van der Waals surface area contributed by atoms with Gasteiger partial charge in [-0.15, -0.1) is 11.8 Å². The molecule has 0 N–H and O–H groups in total. The highest BCUT2D eigenvalue weighted by atomic mass is 32.2. The number of likely N-dealkylation sites (tertiary alicyclic amines) is 1. The van der Waals surface area contributed by atoms with Crippen molar-refractivity contribution in [1.82, 2.24) is 4.90 Å². The predicted molar refractivity (Wildman–Crippen MR) is 150 cm³/mol. The highest BCUT2D eigenvalue weighted by molar-refractivity contribution is 7.98. The van der Waals surface area contributed by atoms with Crippen molar-refractivity contribution in [3.8, 4) is 5.75 Å². The average Bonchev–Trinajstić information content (AvgIpc) is 2.93. The second-order valence-electron chi connectivity index (χ2n) is 9.13. The molecule has 1 aliphatic heterocycles. The standard InChI is InChI=1S/C29H34N2O4S2/c1-3-35-26-11-9-25(10-12-26)31(37(33,34)28-15-13-27(36-2)14-16-28)22-29(32)30-19-17-24(18-20-30)21-23-7-5-4-6-8-23/h4-16,24H,3,17-22H2,1-2H3. The van der Waals surface area contributed by atoms with Crippen molar-refractivity contribution in [2.24, 2.45) is 5.92 Å². The van der Waals surface area contributed by atoms with Crippen LogP contribution in [0.25, 0.3) is 0 Å². The highest BCUT2D eigenvalue weighted by Crippen LogP contribution is 2.28. The number of nitrogens with zero attached hydrogens (tertiary/aromatic N) is 2. The molecular weight excluding hydrogens is 504 g/mol. The second-order valence-corrected chi connectivity index (χ2v) is 11.9. The van der Waals surface area contributed by atoms with Crippen LogP contribution in [0.3, 0.4) is 0 Å². The summed E-state index contributed by atoms with van der Waals surface area (Å²) in [5.41, 5.74) is 1.75. The number of sulfonamides is 1. The van der Waals surface area contributed by atoms with E-state index in [0.717, 1.165) is 24.2 Å². The van der Waals surface area contributed by atoms with Crippen LogP contribution in [0.15, 0.2) is 88.7 Å². The first-order valence-electron chi connectivity index (χ1n) is 12.6. The lowest BCUT2D eigenvalue weighted by molar-refractivity contribution is -0.130. The van der Waals surface area contributed by atoms with Crippen LogP contribution in [0.5, 0.6) is 5.75 Å². The molecule has 37 heavy (non-hydrogen) atoms. The van der Waals surface area contributed by atoms with Crippen LogP contribution in [0.2, 0.25) is 0 Å². The van der Waals surface area contributed by atoms with E-state index in [-0.39, 0.29) is 17.3 Å². The second kappa shape index (κ2) is 12.5. The third-order valence-corrected chi connectivity index (χ3v) is 9.23. The molecule has 1 aliphatic rings. The zero-order valence-electron chi connectivity index (χ0n) is 21.4. The van der Waals surface area contributed by atoms with Gasteiger partial charge in [-0.05, 0) is 92.5 Å². The maximum absolute atomic E-state index is 13.7. The first-order valence-corrected chi connectivity index (χ1v) is 15.3. The van der Waals surface area contributed by atoms with Crippen molar-refractivity contribution in [3.05, 3.63) is 84.4 Å². The minimum Gasteiger partial charge on any atom is -0.494 e. The number of anilines is 1. The molecule has 8 heteroatoms.